The maximum absolute atomic E-state index is 12.9. The van der Waals surface area contributed by atoms with Gasteiger partial charge in [-0.1, -0.05) is 19.1 Å². The lowest BCUT2D eigenvalue weighted by atomic mass is 10.0. The van der Waals surface area contributed by atoms with Crippen LogP contribution in [0.25, 0.3) is 0 Å². The summed E-state index contributed by atoms with van der Waals surface area (Å²) in [5.41, 5.74) is -0.319. The Kier molecular flexibility index (Phi) is 7.39. The first-order valence-electron chi connectivity index (χ1n) is 10.2. The molecule has 1 amide bonds. The van der Waals surface area contributed by atoms with Crippen LogP contribution < -0.4 is 31.5 Å². The smallest absolute Gasteiger partial charge is 0.417 e. The number of carbonyl (C=O) groups is 2. The number of nitrogens with one attached hydrogen (secondary N) is 3. The molecular formula is C23H22FN3O6. The fraction of sp³-hybridized carbons (Fsp3) is 0.217. The number of rotatable bonds is 10. The highest BCUT2D eigenvalue weighted by Crippen LogP contribution is 2.19. The van der Waals surface area contributed by atoms with Crippen LogP contribution in [0.3, 0.4) is 0 Å². The van der Waals surface area contributed by atoms with Gasteiger partial charge in [-0.3, -0.25) is 14.9 Å². The average molecular weight is 455 g/mol. The van der Waals surface area contributed by atoms with E-state index in [9.17, 15) is 28.7 Å². The molecule has 0 aromatic heterocycles. The van der Waals surface area contributed by atoms with E-state index in [0.717, 1.165) is 18.6 Å². The molecule has 33 heavy (non-hydrogen) atoms. The molecule has 4 N–H and O–H groups in total. The summed E-state index contributed by atoms with van der Waals surface area (Å²) in [4.78, 5) is 47.2. The van der Waals surface area contributed by atoms with Crippen LogP contribution in [0.4, 0.5) is 26.2 Å². The molecule has 0 saturated heterocycles. The summed E-state index contributed by atoms with van der Waals surface area (Å²) >= 11 is 0. The van der Waals surface area contributed by atoms with Gasteiger partial charge in [-0.2, -0.15) is 0 Å². The molecule has 0 saturated carbocycles. The van der Waals surface area contributed by atoms with E-state index in [4.69, 9.17) is 4.74 Å². The minimum absolute atomic E-state index is 0.0253. The number of anilines is 3. The highest BCUT2D eigenvalue weighted by molar-refractivity contribution is 5.86. The van der Waals surface area contributed by atoms with Gasteiger partial charge in [0.2, 0.25) is 0 Å². The highest BCUT2D eigenvalue weighted by atomic mass is 19.1. The standard InChI is InChI=1S/C23H22FN3O6/c1-2-11-25-18-19(21(29)20(18)28)27-17(22(30)31)12-13-3-7-15(8-4-13)26-23(32)33-16-9-5-14(24)6-10-16/h3-10,17,25,27H,2,11-12H2,1H3,(H,26,32)(H,30,31). The minimum Gasteiger partial charge on any atom is -0.480 e. The third-order valence-corrected chi connectivity index (χ3v) is 4.74. The number of carbonyl (C=O) groups excluding carboxylic acids is 1. The van der Waals surface area contributed by atoms with Crippen molar-refractivity contribution >= 4 is 29.1 Å². The second kappa shape index (κ2) is 10.4. The van der Waals surface area contributed by atoms with Gasteiger partial charge in [0.1, 0.15) is 29.0 Å². The number of carboxylic acid groups (broad SMARTS) is 1. The van der Waals surface area contributed by atoms with E-state index >= 15 is 0 Å². The molecule has 10 heteroatoms. The Balaban J connectivity index is 1.61. The van der Waals surface area contributed by atoms with Crippen LogP contribution in [0.2, 0.25) is 0 Å². The number of hydrogen-bond acceptors (Lipinski definition) is 7. The Labute approximate surface area is 187 Å². The van der Waals surface area contributed by atoms with Crippen LogP contribution in [-0.4, -0.2) is 29.8 Å². The summed E-state index contributed by atoms with van der Waals surface area (Å²) in [6.07, 6.45) is -0.00763. The first kappa shape index (κ1) is 23.5. The maximum atomic E-state index is 12.9. The summed E-state index contributed by atoms with van der Waals surface area (Å²) in [6.45, 7) is 2.38. The van der Waals surface area contributed by atoms with E-state index in [1.54, 1.807) is 24.3 Å². The van der Waals surface area contributed by atoms with Crippen molar-refractivity contribution in [2.45, 2.75) is 25.8 Å². The molecule has 0 radical (unpaired) electrons. The van der Waals surface area contributed by atoms with Crippen molar-refractivity contribution in [2.75, 3.05) is 22.5 Å². The number of hydrogen-bond donors (Lipinski definition) is 4. The zero-order valence-corrected chi connectivity index (χ0v) is 17.7. The largest absolute Gasteiger partial charge is 0.480 e. The van der Waals surface area contributed by atoms with E-state index in [2.05, 4.69) is 16.0 Å². The third kappa shape index (κ3) is 5.94. The topological polar surface area (TPSA) is 134 Å². The molecule has 0 fully saturated rings. The van der Waals surface area contributed by atoms with Crippen LogP contribution in [-0.2, 0) is 11.2 Å². The lowest BCUT2D eigenvalue weighted by Gasteiger charge is -2.20. The van der Waals surface area contributed by atoms with Crippen LogP contribution in [0.15, 0.2) is 58.1 Å². The number of ether oxygens (including phenoxy) is 1. The van der Waals surface area contributed by atoms with Gasteiger partial charge in [0, 0.05) is 18.7 Å². The van der Waals surface area contributed by atoms with Gasteiger partial charge in [0.05, 0.1) is 0 Å². The second-order valence-corrected chi connectivity index (χ2v) is 7.24. The number of benzene rings is 2. The van der Waals surface area contributed by atoms with E-state index in [1.807, 2.05) is 6.92 Å². The molecular weight excluding hydrogens is 433 g/mol. The van der Waals surface area contributed by atoms with Gasteiger partial charge >= 0.3 is 12.1 Å². The molecule has 172 valence electrons. The molecule has 0 spiro atoms. The Morgan fingerprint density at radius 1 is 1.00 bits per heavy atom. The van der Waals surface area contributed by atoms with Crippen molar-refractivity contribution in [3.05, 3.63) is 80.4 Å². The minimum atomic E-state index is -1.19. The molecule has 0 heterocycles. The number of amides is 1. The van der Waals surface area contributed by atoms with E-state index in [1.165, 1.54) is 12.1 Å². The summed E-state index contributed by atoms with van der Waals surface area (Å²) in [7, 11) is 0. The maximum Gasteiger partial charge on any atom is 0.417 e. The SMILES string of the molecule is CCCNc1c(NC(Cc2ccc(NC(=O)Oc3ccc(F)cc3)cc2)C(=O)O)c(=O)c1=O. The first-order chi connectivity index (χ1) is 15.8. The highest BCUT2D eigenvalue weighted by Gasteiger charge is 2.26. The average Bonchev–Trinajstić information content (AvgIpc) is 2.80. The molecule has 3 rings (SSSR count). The second-order valence-electron chi connectivity index (χ2n) is 7.24. The first-order valence-corrected chi connectivity index (χ1v) is 10.2. The van der Waals surface area contributed by atoms with E-state index in [-0.39, 0.29) is 23.5 Å². The lowest BCUT2D eigenvalue weighted by Crippen LogP contribution is -2.42. The van der Waals surface area contributed by atoms with Gasteiger partial charge in [-0.05, 0) is 48.4 Å². The molecule has 3 aromatic rings. The molecule has 0 aliphatic rings. The molecule has 9 nitrogen and oxygen atoms in total. The predicted octanol–water partition coefficient (Wildman–Crippen LogP) is 2.96. The zero-order chi connectivity index (χ0) is 24.0. The Hall–Kier alpha value is -4.21. The van der Waals surface area contributed by atoms with E-state index in [0.29, 0.717) is 17.8 Å². The summed E-state index contributed by atoms with van der Waals surface area (Å²) in [6, 6.07) is 10.2. The van der Waals surface area contributed by atoms with Crippen LogP contribution in [0.5, 0.6) is 5.75 Å². The number of carboxylic acids is 1. The molecule has 0 bridgehead atoms. The number of halogens is 1. The van der Waals surface area contributed by atoms with Crippen LogP contribution in [0.1, 0.15) is 18.9 Å². The lowest BCUT2D eigenvalue weighted by molar-refractivity contribution is -0.137. The Morgan fingerprint density at radius 3 is 2.24 bits per heavy atom. The fourth-order valence-corrected chi connectivity index (χ4v) is 3.04. The summed E-state index contributed by atoms with van der Waals surface area (Å²) < 4.78 is 18.0. The van der Waals surface area contributed by atoms with Gasteiger partial charge in [-0.15, -0.1) is 0 Å². The van der Waals surface area contributed by atoms with Crippen molar-refractivity contribution in [3.8, 4) is 5.75 Å². The molecule has 0 aliphatic carbocycles. The monoisotopic (exact) mass is 455 g/mol. The van der Waals surface area contributed by atoms with Crippen molar-refractivity contribution in [2.24, 2.45) is 0 Å². The van der Waals surface area contributed by atoms with E-state index < -0.39 is 34.8 Å². The van der Waals surface area contributed by atoms with Crippen molar-refractivity contribution in [1.82, 2.24) is 0 Å². The van der Waals surface area contributed by atoms with Gasteiger partial charge < -0.3 is 20.5 Å². The van der Waals surface area contributed by atoms with Gasteiger partial charge in [-0.25, -0.2) is 14.0 Å². The van der Waals surface area contributed by atoms with Crippen LogP contribution >= 0.6 is 0 Å². The quantitative estimate of drug-likeness (QED) is 0.343. The molecule has 0 aliphatic heterocycles. The predicted molar refractivity (Wildman–Crippen MR) is 121 cm³/mol. The summed E-state index contributed by atoms with van der Waals surface area (Å²) in [5, 5.41) is 17.5. The fourth-order valence-electron chi connectivity index (χ4n) is 3.04. The molecule has 1 unspecified atom stereocenters. The van der Waals surface area contributed by atoms with Crippen molar-refractivity contribution < 1.29 is 23.8 Å². The van der Waals surface area contributed by atoms with Crippen LogP contribution in [0, 0.1) is 5.82 Å². The van der Waals surface area contributed by atoms with Gasteiger partial charge in [0.25, 0.3) is 10.9 Å². The molecule has 1 atom stereocenters. The van der Waals surface area contributed by atoms with Crippen molar-refractivity contribution in [3.63, 3.8) is 0 Å². The zero-order valence-electron chi connectivity index (χ0n) is 17.7. The van der Waals surface area contributed by atoms with Gasteiger partial charge in [0.15, 0.2) is 0 Å². The molecule has 3 aromatic carbocycles. The van der Waals surface area contributed by atoms with Crippen molar-refractivity contribution in [1.29, 1.82) is 0 Å². The summed E-state index contributed by atoms with van der Waals surface area (Å²) in [5.74, 6) is -1.47. The number of aliphatic carboxylic acids is 1. The normalized spacial score (nSPS) is 11.6. The Bertz CT molecular complexity index is 1200. The Morgan fingerprint density at radius 2 is 1.64 bits per heavy atom. The third-order valence-electron chi connectivity index (χ3n) is 4.74.